The summed E-state index contributed by atoms with van der Waals surface area (Å²) in [5, 5.41) is 10.4. The largest absolute Gasteiger partial charge is 0.497 e. The zero-order valence-corrected chi connectivity index (χ0v) is 14.3. The van der Waals surface area contributed by atoms with Crippen LogP contribution in [-0.2, 0) is 11.2 Å². The molecule has 1 unspecified atom stereocenters. The molecule has 2 aromatic rings. The number of likely N-dealkylation sites (tertiary alicyclic amines) is 1. The van der Waals surface area contributed by atoms with Gasteiger partial charge >= 0.3 is 0 Å². The Kier molecular flexibility index (Phi) is 4.91. The highest BCUT2D eigenvalue weighted by molar-refractivity contribution is 7.11. The van der Waals surface area contributed by atoms with Gasteiger partial charge in [0.05, 0.1) is 13.5 Å². The van der Waals surface area contributed by atoms with Gasteiger partial charge in [-0.05, 0) is 37.5 Å². The summed E-state index contributed by atoms with van der Waals surface area (Å²) < 4.78 is 5.15. The second-order valence-electron chi connectivity index (χ2n) is 5.86. The molecule has 1 aliphatic rings. The van der Waals surface area contributed by atoms with Crippen molar-refractivity contribution < 1.29 is 9.53 Å². The molecule has 0 saturated carbocycles. The molecular formula is C17H21N3O2S. The van der Waals surface area contributed by atoms with Gasteiger partial charge in [-0.25, -0.2) is 0 Å². The number of benzene rings is 1. The van der Waals surface area contributed by atoms with Crippen molar-refractivity contribution in [3.05, 3.63) is 39.8 Å². The molecule has 1 fully saturated rings. The summed E-state index contributed by atoms with van der Waals surface area (Å²) in [5.41, 5.74) is 1.02. The highest BCUT2D eigenvalue weighted by Crippen LogP contribution is 2.29. The van der Waals surface area contributed by atoms with E-state index in [1.807, 2.05) is 36.1 Å². The third-order valence-electron chi connectivity index (χ3n) is 4.18. The Hall–Kier alpha value is -1.95. The fourth-order valence-electron chi connectivity index (χ4n) is 2.91. The summed E-state index contributed by atoms with van der Waals surface area (Å²) in [5.74, 6) is 1.32. The minimum Gasteiger partial charge on any atom is -0.497 e. The van der Waals surface area contributed by atoms with Crippen LogP contribution in [0.2, 0.25) is 0 Å². The van der Waals surface area contributed by atoms with Gasteiger partial charge in [-0.15, -0.1) is 21.5 Å². The Morgan fingerprint density at radius 3 is 2.78 bits per heavy atom. The molecule has 23 heavy (non-hydrogen) atoms. The molecule has 0 aliphatic carbocycles. The van der Waals surface area contributed by atoms with E-state index in [9.17, 15) is 4.79 Å². The van der Waals surface area contributed by atoms with Crippen molar-refractivity contribution in [1.82, 2.24) is 15.1 Å². The lowest BCUT2D eigenvalue weighted by atomic mass is 9.98. The quantitative estimate of drug-likeness (QED) is 0.864. The predicted octanol–water partition coefficient (Wildman–Crippen LogP) is 2.80. The molecule has 0 bridgehead atoms. The minimum atomic E-state index is 0.182. The van der Waals surface area contributed by atoms with Crippen molar-refractivity contribution in [2.45, 2.75) is 32.1 Å². The van der Waals surface area contributed by atoms with Gasteiger partial charge in [0, 0.05) is 19.0 Å². The van der Waals surface area contributed by atoms with Crippen molar-refractivity contribution in [2.24, 2.45) is 0 Å². The lowest BCUT2D eigenvalue weighted by Crippen LogP contribution is -2.39. The second kappa shape index (κ2) is 7.08. The molecule has 0 N–H and O–H groups in total. The average molecular weight is 331 g/mol. The number of carbonyl (C=O) groups is 1. The normalized spacial score (nSPS) is 18.0. The Labute approximate surface area is 140 Å². The highest BCUT2D eigenvalue weighted by atomic mass is 32.1. The van der Waals surface area contributed by atoms with E-state index in [-0.39, 0.29) is 5.91 Å². The third kappa shape index (κ3) is 3.88. The molecule has 0 spiro atoms. The minimum absolute atomic E-state index is 0.182. The van der Waals surface area contributed by atoms with Crippen LogP contribution in [-0.4, -0.2) is 41.2 Å². The second-order valence-corrected chi connectivity index (χ2v) is 7.08. The van der Waals surface area contributed by atoms with E-state index in [0.29, 0.717) is 12.3 Å². The van der Waals surface area contributed by atoms with Gasteiger partial charge in [0.2, 0.25) is 5.91 Å². The van der Waals surface area contributed by atoms with Crippen LogP contribution >= 0.6 is 11.3 Å². The topological polar surface area (TPSA) is 55.3 Å². The number of ether oxygens (including phenoxy) is 1. The number of carbonyl (C=O) groups excluding carboxylic acids is 1. The van der Waals surface area contributed by atoms with Crippen LogP contribution in [0.25, 0.3) is 0 Å². The van der Waals surface area contributed by atoms with Gasteiger partial charge < -0.3 is 9.64 Å². The number of hydrogen-bond acceptors (Lipinski definition) is 5. The average Bonchev–Trinajstić information content (AvgIpc) is 3.02. The van der Waals surface area contributed by atoms with Crippen LogP contribution in [0, 0.1) is 6.92 Å². The van der Waals surface area contributed by atoms with E-state index in [1.54, 1.807) is 18.4 Å². The number of piperidine rings is 1. The molecule has 2 heterocycles. The molecule has 5 nitrogen and oxygen atoms in total. The Bertz CT molecular complexity index is 669. The van der Waals surface area contributed by atoms with E-state index in [2.05, 4.69) is 10.2 Å². The monoisotopic (exact) mass is 331 g/mol. The first-order valence-corrected chi connectivity index (χ1v) is 8.68. The van der Waals surface area contributed by atoms with Crippen LogP contribution in [0.1, 0.15) is 34.3 Å². The van der Waals surface area contributed by atoms with Crippen molar-refractivity contribution in [1.29, 1.82) is 0 Å². The van der Waals surface area contributed by atoms with Crippen LogP contribution < -0.4 is 4.74 Å². The SMILES string of the molecule is COc1ccc(CC(=O)N2CCCC(c3nnc(C)s3)C2)cc1. The number of amides is 1. The smallest absolute Gasteiger partial charge is 0.227 e. The standard InChI is InChI=1S/C17H21N3O2S/c1-12-18-19-17(23-12)14-4-3-9-20(11-14)16(21)10-13-5-7-15(22-2)8-6-13/h5-8,14H,3-4,9-11H2,1-2H3. The zero-order chi connectivity index (χ0) is 16.2. The molecule has 1 atom stereocenters. The van der Waals surface area contributed by atoms with Crippen LogP contribution in [0.3, 0.4) is 0 Å². The molecule has 1 aliphatic heterocycles. The Morgan fingerprint density at radius 2 is 2.13 bits per heavy atom. The summed E-state index contributed by atoms with van der Waals surface area (Å²) in [4.78, 5) is 14.5. The van der Waals surface area contributed by atoms with E-state index in [4.69, 9.17) is 4.74 Å². The zero-order valence-electron chi connectivity index (χ0n) is 13.5. The molecule has 1 aromatic carbocycles. The predicted molar refractivity (Wildman–Crippen MR) is 89.9 cm³/mol. The van der Waals surface area contributed by atoms with Gasteiger partial charge in [0.15, 0.2) is 0 Å². The van der Waals surface area contributed by atoms with E-state index < -0.39 is 0 Å². The Balaban J connectivity index is 1.62. The molecule has 1 aromatic heterocycles. The van der Waals surface area contributed by atoms with E-state index in [0.717, 1.165) is 47.3 Å². The van der Waals surface area contributed by atoms with E-state index in [1.165, 1.54) is 0 Å². The van der Waals surface area contributed by atoms with Crippen molar-refractivity contribution >= 4 is 17.2 Å². The fraction of sp³-hybridized carbons (Fsp3) is 0.471. The molecule has 3 rings (SSSR count). The lowest BCUT2D eigenvalue weighted by molar-refractivity contribution is -0.131. The number of rotatable bonds is 4. The van der Waals surface area contributed by atoms with Crippen LogP contribution in [0.15, 0.2) is 24.3 Å². The summed E-state index contributed by atoms with van der Waals surface area (Å²) >= 11 is 1.64. The number of aromatic nitrogens is 2. The van der Waals surface area contributed by atoms with Crippen LogP contribution in [0.4, 0.5) is 0 Å². The maximum atomic E-state index is 12.6. The first kappa shape index (κ1) is 15.9. The van der Waals surface area contributed by atoms with Crippen molar-refractivity contribution in [3.8, 4) is 5.75 Å². The number of nitrogens with zero attached hydrogens (tertiary/aromatic N) is 3. The molecular weight excluding hydrogens is 310 g/mol. The van der Waals surface area contributed by atoms with Gasteiger partial charge in [-0.1, -0.05) is 12.1 Å². The first-order chi connectivity index (χ1) is 11.2. The maximum absolute atomic E-state index is 12.6. The summed E-state index contributed by atoms with van der Waals surface area (Å²) in [6.07, 6.45) is 2.55. The molecule has 0 radical (unpaired) electrons. The summed E-state index contributed by atoms with van der Waals surface area (Å²) in [6, 6.07) is 7.69. The van der Waals surface area contributed by atoms with Crippen molar-refractivity contribution in [2.75, 3.05) is 20.2 Å². The van der Waals surface area contributed by atoms with Gasteiger partial charge in [0.1, 0.15) is 15.8 Å². The number of hydrogen-bond donors (Lipinski definition) is 0. The van der Waals surface area contributed by atoms with Gasteiger partial charge in [-0.2, -0.15) is 0 Å². The third-order valence-corrected chi connectivity index (χ3v) is 5.18. The highest BCUT2D eigenvalue weighted by Gasteiger charge is 2.26. The molecule has 1 saturated heterocycles. The molecule has 1 amide bonds. The lowest BCUT2D eigenvalue weighted by Gasteiger charge is -2.31. The first-order valence-electron chi connectivity index (χ1n) is 7.86. The fourth-order valence-corrected chi connectivity index (χ4v) is 3.74. The maximum Gasteiger partial charge on any atom is 0.227 e. The Morgan fingerprint density at radius 1 is 1.35 bits per heavy atom. The van der Waals surface area contributed by atoms with E-state index >= 15 is 0 Å². The molecule has 122 valence electrons. The van der Waals surface area contributed by atoms with Crippen LogP contribution in [0.5, 0.6) is 5.75 Å². The van der Waals surface area contributed by atoms with Crippen molar-refractivity contribution in [3.63, 3.8) is 0 Å². The van der Waals surface area contributed by atoms with Gasteiger partial charge in [-0.3, -0.25) is 4.79 Å². The molecule has 6 heteroatoms. The number of aryl methyl sites for hydroxylation is 1. The summed E-state index contributed by atoms with van der Waals surface area (Å²) in [7, 11) is 1.64. The summed E-state index contributed by atoms with van der Waals surface area (Å²) in [6.45, 7) is 3.56. The van der Waals surface area contributed by atoms with Gasteiger partial charge in [0.25, 0.3) is 0 Å². The number of methoxy groups -OCH3 is 1.